The van der Waals surface area contributed by atoms with Gasteiger partial charge in [0.05, 0.1) is 6.54 Å². The van der Waals surface area contributed by atoms with Crippen molar-refractivity contribution in [2.75, 3.05) is 6.54 Å². The second-order valence-electron chi connectivity index (χ2n) is 4.51. The lowest BCUT2D eigenvalue weighted by molar-refractivity contribution is -0.390. The Kier molecular flexibility index (Phi) is 5.69. The van der Waals surface area contributed by atoms with E-state index in [1.54, 1.807) is 0 Å². The number of hydrogen-bond acceptors (Lipinski definition) is 6. The average Bonchev–Trinajstić information content (AvgIpc) is 2.59. The van der Waals surface area contributed by atoms with Crippen LogP contribution in [0.4, 0.5) is 10.6 Å². The Morgan fingerprint density at radius 3 is 2.75 bits per heavy atom. The van der Waals surface area contributed by atoms with E-state index in [-0.39, 0.29) is 18.8 Å². The zero-order chi connectivity index (χ0) is 17.4. The Labute approximate surface area is 137 Å². The smallest absolute Gasteiger partial charge is 0.408 e. The van der Waals surface area contributed by atoms with E-state index in [2.05, 4.69) is 22.1 Å². The Morgan fingerprint density at radius 2 is 2.04 bits per heavy atom. The van der Waals surface area contributed by atoms with Crippen LogP contribution in [0.1, 0.15) is 11.3 Å². The molecule has 0 aliphatic heterocycles. The molecule has 0 spiro atoms. The van der Waals surface area contributed by atoms with E-state index in [1.807, 2.05) is 30.3 Å². The fourth-order valence-corrected chi connectivity index (χ4v) is 1.67. The van der Waals surface area contributed by atoms with Crippen LogP contribution in [-0.4, -0.2) is 27.7 Å². The molecule has 1 aromatic heterocycles. The third kappa shape index (κ3) is 4.99. The van der Waals surface area contributed by atoms with Crippen molar-refractivity contribution in [3.05, 3.63) is 63.8 Å². The van der Waals surface area contributed by atoms with Gasteiger partial charge >= 0.3 is 11.9 Å². The Hall–Kier alpha value is -3.60. The van der Waals surface area contributed by atoms with E-state index in [4.69, 9.17) is 4.74 Å². The fourth-order valence-electron chi connectivity index (χ4n) is 1.67. The number of benzene rings is 1. The molecule has 0 unspecified atom stereocenters. The van der Waals surface area contributed by atoms with Crippen LogP contribution in [0.3, 0.4) is 0 Å². The van der Waals surface area contributed by atoms with Crippen LogP contribution in [0, 0.1) is 22.0 Å². The van der Waals surface area contributed by atoms with Gasteiger partial charge in [-0.2, -0.15) is 0 Å². The first-order chi connectivity index (χ1) is 11.6. The van der Waals surface area contributed by atoms with Gasteiger partial charge < -0.3 is 25.3 Å². The summed E-state index contributed by atoms with van der Waals surface area (Å²) in [6.45, 7) is 0.135. The van der Waals surface area contributed by atoms with E-state index in [1.165, 1.54) is 6.07 Å². The summed E-state index contributed by atoms with van der Waals surface area (Å²) in [6.07, 6.45) is -0.627. The lowest BCUT2D eigenvalue weighted by atomic mass is 10.2. The molecular formula is C16H13N3O5. The Bertz CT molecular complexity index is 796. The van der Waals surface area contributed by atoms with Crippen molar-refractivity contribution < 1.29 is 19.6 Å². The number of nitro groups is 1. The summed E-state index contributed by atoms with van der Waals surface area (Å²) in [7, 11) is 0. The van der Waals surface area contributed by atoms with Gasteiger partial charge in [0.15, 0.2) is 0 Å². The summed E-state index contributed by atoms with van der Waals surface area (Å²) in [4.78, 5) is 24.9. The minimum atomic E-state index is -0.806. The molecule has 0 radical (unpaired) electrons. The molecule has 0 saturated carbocycles. The molecule has 2 aromatic rings. The van der Waals surface area contributed by atoms with E-state index < -0.39 is 22.6 Å². The van der Waals surface area contributed by atoms with Crippen LogP contribution in [0.15, 0.2) is 42.5 Å². The predicted octanol–water partition coefficient (Wildman–Crippen LogP) is 1.97. The van der Waals surface area contributed by atoms with Gasteiger partial charge in [0.25, 0.3) is 0 Å². The molecule has 122 valence electrons. The van der Waals surface area contributed by atoms with Gasteiger partial charge in [-0.1, -0.05) is 36.3 Å². The zero-order valence-corrected chi connectivity index (χ0v) is 12.4. The Morgan fingerprint density at radius 1 is 1.29 bits per heavy atom. The first kappa shape index (κ1) is 16.8. The van der Waals surface area contributed by atoms with Crippen LogP contribution in [0.2, 0.25) is 0 Å². The predicted molar refractivity (Wildman–Crippen MR) is 84.1 cm³/mol. The molecule has 2 N–H and O–H groups in total. The number of aromatic nitrogens is 1. The standard InChI is InChI=1S/C16H13N3O5/c20-14-9-8-13(18-15(14)19(22)23)7-4-10-17-16(21)24-11-12-5-2-1-3-6-12/h1-3,5-6,8-9,20H,10-11H2,(H,17,21). The van der Waals surface area contributed by atoms with Crippen molar-refractivity contribution in [3.8, 4) is 17.6 Å². The van der Waals surface area contributed by atoms with Gasteiger partial charge in [-0.3, -0.25) is 0 Å². The second kappa shape index (κ2) is 8.14. The van der Waals surface area contributed by atoms with E-state index in [9.17, 15) is 20.0 Å². The minimum Gasteiger partial charge on any atom is -0.501 e. The number of carbonyl (C=O) groups excluding carboxylic acids is 1. The number of ether oxygens (including phenoxy) is 1. The van der Waals surface area contributed by atoms with E-state index in [0.717, 1.165) is 11.6 Å². The lowest BCUT2D eigenvalue weighted by Crippen LogP contribution is -2.24. The molecule has 0 atom stereocenters. The summed E-state index contributed by atoms with van der Waals surface area (Å²) >= 11 is 0. The quantitative estimate of drug-likeness (QED) is 0.504. The molecule has 1 aromatic carbocycles. The van der Waals surface area contributed by atoms with Gasteiger partial charge in [-0.15, -0.1) is 0 Å². The maximum absolute atomic E-state index is 11.5. The van der Waals surface area contributed by atoms with Crippen molar-refractivity contribution in [2.24, 2.45) is 0 Å². The number of hydrogen-bond donors (Lipinski definition) is 2. The molecule has 0 bridgehead atoms. The van der Waals surface area contributed by atoms with Gasteiger partial charge in [0.2, 0.25) is 11.4 Å². The highest BCUT2D eigenvalue weighted by Crippen LogP contribution is 2.21. The first-order valence-corrected chi connectivity index (χ1v) is 6.84. The molecule has 0 aliphatic rings. The topological polar surface area (TPSA) is 115 Å². The van der Waals surface area contributed by atoms with Crippen LogP contribution < -0.4 is 5.32 Å². The number of carbonyl (C=O) groups is 1. The van der Waals surface area contributed by atoms with Gasteiger partial charge in [-0.05, 0) is 27.5 Å². The van der Waals surface area contributed by atoms with Crippen LogP contribution in [-0.2, 0) is 11.3 Å². The monoisotopic (exact) mass is 327 g/mol. The molecular weight excluding hydrogens is 314 g/mol. The highest BCUT2D eigenvalue weighted by molar-refractivity contribution is 5.67. The van der Waals surface area contributed by atoms with Crippen molar-refractivity contribution in [3.63, 3.8) is 0 Å². The number of amides is 1. The van der Waals surface area contributed by atoms with Crippen molar-refractivity contribution >= 4 is 11.9 Å². The molecule has 1 heterocycles. The SMILES string of the molecule is O=C(NCC#Cc1ccc(O)c([N+](=O)[O-])n1)OCc1ccccc1. The molecule has 0 fully saturated rings. The molecule has 1 amide bonds. The van der Waals surface area contributed by atoms with Crippen LogP contribution >= 0.6 is 0 Å². The molecule has 24 heavy (non-hydrogen) atoms. The van der Waals surface area contributed by atoms with Crippen molar-refractivity contribution in [2.45, 2.75) is 6.61 Å². The van der Waals surface area contributed by atoms with Crippen molar-refractivity contribution in [1.29, 1.82) is 0 Å². The van der Waals surface area contributed by atoms with E-state index in [0.29, 0.717) is 0 Å². The summed E-state index contributed by atoms with van der Waals surface area (Å²) in [5, 5.41) is 22.3. The van der Waals surface area contributed by atoms with Crippen molar-refractivity contribution in [1.82, 2.24) is 10.3 Å². The lowest BCUT2D eigenvalue weighted by Gasteiger charge is -2.04. The Balaban J connectivity index is 1.82. The highest BCUT2D eigenvalue weighted by atomic mass is 16.6. The van der Waals surface area contributed by atoms with Gasteiger partial charge in [0, 0.05) is 6.07 Å². The first-order valence-electron chi connectivity index (χ1n) is 6.84. The molecule has 8 nitrogen and oxygen atoms in total. The summed E-state index contributed by atoms with van der Waals surface area (Å²) in [5.74, 6) is 3.93. The number of alkyl carbamates (subject to hydrolysis) is 1. The molecule has 8 heteroatoms. The second-order valence-corrected chi connectivity index (χ2v) is 4.51. The van der Waals surface area contributed by atoms with Crippen LogP contribution in [0.5, 0.6) is 5.75 Å². The number of nitrogens with zero attached hydrogens (tertiary/aromatic N) is 2. The summed E-state index contributed by atoms with van der Waals surface area (Å²) in [5.41, 5.74) is 0.971. The number of aromatic hydroxyl groups is 1. The minimum absolute atomic E-state index is 0.00994. The zero-order valence-electron chi connectivity index (χ0n) is 12.4. The molecule has 0 aliphatic carbocycles. The number of nitrogens with one attached hydrogen (secondary N) is 1. The number of rotatable bonds is 4. The normalized spacial score (nSPS) is 9.50. The molecule has 2 rings (SSSR count). The number of pyridine rings is 1. The average molecular weight is 327 g/mol. The third-order valence-corrected chi connectivity index (χ3v) is 2.78. The van der Waals surface area contributed by atoms with Crippen LogP contribution in [0.25, 0.3) is 0 Å². The highest BCUT2D eigenvalue weighted by Gasteiger charge is 2.15. The maximum Gasteiger partial charge on any atom is 0.408 e. The van der Waals surface area contributed by atoms with Gasteiger partial charge in [0.1, 0.15) is 6.61 Å². The molecule has 0 saturated heterocycles. The summed E-state index contributed by atoms with van der Waals surface area (Å²) in [6, 6.07) is 11.7. The fraction of sp³-hybridized carbons (Fsp3) is 0.125. The third-order valence-electron chi connectivity index (χ3n) is 2.78. The maximum atomic E-state index is 11.5. The largest absolute Gasteiger partial charge is 0.501 e. The van der Waals surface area contributed by atoms with Gasteiger partial charge in [-0.25, -0.2) is 4.79 Å². The summed E-state index contributed by atoms with van der Waals surface area (Å²) < 4.78 is 4.99. The van der Waals surface area contributed by atoms with E-state index >= 15 is 0 Å².